The van der Waals surface area contributed by atoms with Gasteiger partial charge in [-0.2, -0.15) is 0 Å². The first-order chi connectivity index (χ1) is 14.7. The van der Waals surface area contributed by atoms with Gasteiger partial charge in [0.25, 0.3) is 0 Å². The second-order valence-electron chi connectivity index (χ2n) is 7.58. The normalized spacial score (nSPS) is 16.6. The molecule has 0 saturated heterocycles. The summed E-state index contributed by atoms with van der Waals surface area (Å²) in [5.74, 6) is 0.300. The van der Waals surface area contributed by atoms with Crippen LogP contribution in [0.4, 0.5) is 0 Å². The van der Waals surface area contributed by atoms with Gasteiger partial charge >= 0.3 is 0 Å². The Morgan fingerprint density at radius 2 is 1.93 bits per heavy atom. The van der Waals surface area contributed by atoms with Crippen LogP contribution in [-0.2, 0) is 4.74 Å². The summed E-state index contributed by atoms with van der Waals surface area (Å²) < 4.78 is 5.98. The maximum Gasteiger partial charge on any atom is 0.123 e. The molecule has 0 spiro atoms. The fourth-order valence-electron chi connectivity index (χ4n) is 4.02. The average molecular weight is 398 g/mol. The molecule has 0 fully saturated rings. The van der Waals surface area contributed by atoms with E-state index < -0.39 is 0 Å². The first-order valence-electron chi connectivity index (χ1n) is 10.5. The van der Waals surface area contributed by atoms with Crippen LogP contribution in [0.25, 0.3) is 22.4 Å². The van der Waals surface area contributed by atoms with Crippen LogP contribution in [0.5, 0.6) is 5.75 Å². The van der Waals surface area contributed by atoms with E-state index >= 15 is 0 Å². The Bertz CT molecular complexity index is 1110. The molecule has 2 heterocycles. The summed E-state index contributed by atoms with van der Waals surface area (Å²) in [6.45, 7) is 6.99. The van der Waals surface area contributed by atoms with Gasteiger partial charge in [0.15, 0.2) is 0 Å². The maximum atomic E-state index is 10.2. The van der Waals surface area contributed by atoms with E-state index in [0.717, 1.165) is 52.4 Å². The Hall–Kier alpha value is -3.17. The summed E-state index contributed by atoms with van der Waals surface area (Å²) in [6.07, 6.45) is 8.92. The van der Waals surface area contributed by atoms with Crippen LogP contribution < -0.4 is 0 Å². The molecule has 0 amide bonds. The molecule has 1 aliphatic heterocycles. The largest absolute Gasteiger partial charge is 0.507 e. The van der Waals surface area contributed by atoms with Crippen molar-refractivity contribution in [1.29, 1.82) is 0 Å². The molecule has 1 atom stereocenters. The summed E-state index contributed by atoms with van der Waals surface area (Å²) in [7, 11) is 0. The Morgan fingerprint density at radius 1 is 1.13 bits per heavy atom. The van der Waals surface area contributed by atoms with Gasteiger partial charge < -0.3 is 9.84 Å². The van der Waals surface area contributed by atoms with E-state index in [1.165, 1.54) is 5.57 Å². The molecular formula is C27H27NO2. The van der Waals surface area contributed by atoms with Crippen LogP contribution in [-0.4, -0.2) is 22.8 Å². The number of phenols is 1. The minimum Gasteiger partial charge on any atom is -0.507 e. The number of nitrogens with zero attached hydrogens (tertiary/aromatic N) is 1. The second kappa shape index (κ2) is 9.10. The molecule has 0 radical (unpaired) electrons. The van der Waals surface area contributed by atoms with E-state index in [-0.39, 0.29) is 6.10 Å². The molecule has 1 N–H and O–H groups in total. The van der Waals surface area contributed by atoms with Gasteiger partial charge in [0.1, 0.15) is 5.75 Å². The summed E-state index contributed by atoms with van der Waals surface area (Å²) in [5.41, 5.74) is 5.60. The van der Waals surface area contributed by atoms with Gasteiger partial charge in [-0.3, -0.25) is 4.98 Å². The molecule has 1 aliphatic rings. The number of hydrogen-bond acceptors (Lipinski definition) is 3. The third kappa shape index (κ3) is 4.22. The molecule has 0 saturated carbocycles. The van der Waals surface area contributed by atoms with E-state index in [2.05, 4.69) is 30.6 Å². The van der Waals surface area contributed by atoms with Crippen molar-refractivity contribution in [2.24, 2.45) is 0 Å². The number of pyridine rings is 1. The van der Waals surface area contributed by atoms with E-state index in [0.29, 0.717) is 12.4 Å². The highest BCUT2D eigenvalue weighted by molar-refractivity contribution is 5.98. The number of allylic oxidation sites excluding steroid dienone is 1. The topological polar surface area (TPSA) is 42.4 Å². The van der Waals surface area contributed by atoms with E-state index in [1.54, 1.807) is 6.07 Å². The van der Waals surface area contributed by atoms with Gasteiger partial charge in [-0.25, -0.2) is 0 Å². The van der Waals surface area contributed by atoms with Gasteiger partial charge in [0.2, 0.25) is 0 Å². The quantitative estimate of drug-likeness (QED) is 0.491. The lowest BCUT2D eigenvalue weighted by molar-refractivity contribution is 0.117. The van der Waals surface area contributed by atoms with Gasteiger partial charge in [0, 0.05) is 11.6 Å². The van der Waals surface area contributed by atoms with Crippen molar-refractivity contribution in [2.45, 2.75) is 32.3 Å². The number of aromatic hydroxyl groups is 1. The number of benzene rings is 2. The monoisotopic (exact) mass is 397 g/mol. The van der Waals surface area contributed by atoms with Crippen molar-refractivity contribution in [3.63, 3.8) is 0 Å². The Kier molecular flexibility index (Phi) is 6.10. The van der Waals surface area contributed by atoms with Crippen LogP contribution in [0.3, 0.4) is 0 Å². The first kappa shape index (κ1) is 20.1. The van der Waals surface area contributed by atoms with Crippen LogP contribution in [0, 0.1) is 0 Å². The lowest BCUT2D eigenvalue weighted by Crippen LogP contribution is -2.11. The highest BCUT2D eigenvalue weighted by Crippen LogP contribution is 2.33. The number of rotatable bonds is 7. The fraction of sp³-hybridized carbons (Fsp3) is 0.222. The predicted octanol–water partition coefficient (Wildman–Crippen LogP) is 6.55. The third-order valence-corrected chi connectivity index (χ3v) is 5.72. The van der Waals surface area contributed by atoms with Crippen molar-refractivity contribution < 1.29 is 9.84 Å². The smallest absolute Gasteiger partial charge is 0.123 e. The van der Waals surface area contributed by atoms with Crippen molar-refractivity contribution in [3.05, 3.63) is 95.9 Å². The van der Waals surface area contributed by atoms with E-state index in [4.69, 9.17) is 4.74 Å². The van der Waals surface area contributed by atoms with Crippen molar-refractivity contribution in [3.8, 4) is 5.75 Å². The van der Waals surface area contributed by atoms with Crippen LogP contribution >= 0.6 is 0 Å². The third-order valence-electron chi connectivity index (χ3n) is 5.72. The molecule has 2 aromatic carbocycles. The lowest BCUT2D eigenvalue weighted by Gasteiger charge is -2.17. The standard InChI is InChI=1S/C27H27NO2/c1-3-19(2)22-15-17-30-27(22)14-12-21(25-10-6-7-16-28-25)18-20-11-13-26(29)24-9-5-4-8-23(20)24/h4-11,13,15-16,18,27,29H,2-3,12,14,17H2,1H3/b21-18-. The highest BCUT2D eigenvalue weighted by atomic mass is 16.5. The van der Waals surface area contributed by atoms with Gasteiger partial charge in [-0.1, -0.05) is 56.0 Å². The minimum absolute atomic E-state index is 0.0844. The molecule has 152 valence electrons. The molecular weight excluding hydrogens is 370 g/mol. The first-order valence-corrected chi connectivity index (χ1v) is 10.5. The highest BCUT2D eigenvalue weighted by Gasteiger charge is 2.22. The number of fused-ring (bicyclic) bond motifs is 1. The average Bonchev–Trinajstić information content (AvgIpc) is 3.27. The van der Waals surface area contributed by atoms with Crippen LogP contribution in [0.15, 0.2) is 84.6 Å². The molecule has 1 unspecified atom stereocenters. The Morgan fingerprint density at radius 3 is 2.70 bits per heavy atom. The van der Waals surface area contributed by atoms with Gasteiger partial charge in [-0.15, -0.1) is 0 Å². The predicted molar refractivity (Wildman–Crippen MR) is 124 cm³/mol. The minimum atomic E-state index is 0.0844. The molecule has 4 rings (SSSR count). The van der Waals surface area contributed by atoms with E-state index in [9.17, 15) is 5.11 Å². The fourth-order valence-corrected chi connectivity index (χ4v) is 4.02. The zero-order chi connectivity index (χ0) is 20.9. The van der Waals surface area contributed by atoms with Gasteiger partial charge in [0.05, 0.1) is 18.4 Å². The molecule has 0 bridgehead atoms. The molecule has 30 heavy (non-hydrogen) atoms. The molecule has 3 aromatic rings. The van der Waals surface area contributed by atoms with Crippen LogP contribution in [0.2, 0.25) is 0 Å². The molecule has 1 aromatic heterocycles. The lowest BCUT2D eigenvalue weighted by atomic mass is 9.93. The number of hydrogen-bond donors (Lipinski definition) is 1. The number of phenolic OH excluding ortho intramolecular Hbond substituents is 1. The van der Waals surface area contributed by atoms with E-state index in [1.807, 2.05) is 54.7 Å². The van der Waals surface area contributed by atoms with Crippen molar-refractivity contribution in [2.75, 3.05) is 6.61 Å². The molecule has 3 nitrogen and oxygen atoms in total. The Labute approximate surface area is 178 Å². The van der Waals surface area contributed by atoms with Crippen molar-refractivity contribution in [1.82, 2.24) is 4.98 Å². The summed E-state index contributed by atoms with van der Waals surface area (Å²) >= 11 is 0. The van der Waals surface area contributed by atoms with Crippen LogP contribution in [0.1, 0.15) is 37.4 Å². The number of ether oxygens (including phenoxy) is 1. The zero-order valence-electron chi connectivity index (χ0n) is 17.3. The van der Waals surface area contributed by atoms with Gasteiger partial charge in [-0.05, 0) is 71.2 Å². The summed E-state index contributed by atoms with van der Waals surface area (Å²) in [5, 5.41) is 12.1. The second-order valence-corrected chi connectivity index (χ2v) is 7.58. The summed E-state index contributed by atoms with van der Waals surface area (Å²) in [6, 6.07) is 17.7. The summed E-state index contributed by atoms with van der Waals surface area (Å²) in [4.78, 5) is 4.60. The molecule has 0 aliphatic carbocycles. The molecule has 3 heteroatoms. The van der Waals surface area contributed by atoms with Crippen molar-refractivity contribution >= 4 is 22.4 Å². The maximum absolute atomic E-state index is 10.2. The zero-order valence-corrected chi connectivity index (χ0v) is 17.3. The Balaban J connectivity index is 1.68. The SMILES string of the molecule is C=C(CC)C1=CCOC1CC/C(=C/c1ccc(O)c2ccccc12)c1ccccn1. The number of aromatic nitrogens is 1.